The van der Waals surface area contributed by atoms with Crippen molar-refractivity contribution in [2.75, 3.05) is 18.4 Å². The monoisotopic (exact) mass is 266 g/mol. The molecule has 17 heavy (non-hydrogen) atoms. The Morgan fingerprint density at radius 1 is 1.41 bits per heavy atom. The van der Waals surface area contributed by atoms with Gasteiger partial charge in [-0.05, 0) is 30.7 Å². The van der Waals surface area contributed by atoms with Gasteiger partial charge in [0.1, 0.15) is 0 Å². The Balaban J connectivity index is 2.84. The molecule has 0 amide bonds. The maximum Gasteiger partial charge on any atom is 0.416 e. The zero-order valence-electron chi connectivity index (χ0n) is 9.31. The first-order valence-electron chi connectivity index (χ1n) is 5.15. The average Bonchev–Trinajstić information content (AvgIpc) is 2.26. The van der Waals surface area contributed by atoms with E-state index >= 15 is 0 Å². The molecule has 0 radical (unpaired) electrons. The molecule has 0 aliphatic carbocycles. The molecule has 0 heterocycles. The molecule has 1 aromatic carbocycles. The molecule has 1 unspecified atom stereocenters. The summed E-state index contributed by atoms with van der Waals surface area (Å²) in [6.45, 7) is 2.84. The summed E-state index contributed by atoms with van der Waals surface area (Å²) >= 11 is 5.81. The Labute approximate surface area is 103 Å². The molecular weight excluding hydrogens is 253 g/mol. The molecule has 6 heteroatoms. The van der Waals surface area contributed by atoms with Crippen LogP contribution in [-0.2, 0) is 6.18 Å². The summed E-state index contributed by atoms with van der Waals surface area (Å²) in [4.78, 5) is 0. The van der Waals surface area contributed by atoms with Gasteiger partial charge in [-0.3, -0.25) is 0 Å². The third kappa shape index (κ3) is 4.09. The van der Waals surface area contributed by atoms with Crippen LogP contribution in [-0.4, -0.2) is 13.1 Å². The van der Waals surface area contributed by atoms with Crippen molar-refractivity contribution in [2.45, 2.75) is 13.1 Å². The third-order valence-electron chi connectivity index (χ3n) is 2.34. The van der Waals surface area contributed by atoms with Crippen LogP contribution >= 0.6 is 11.6 Å². The van der Waals surface area contributed by atoms with Crippen molar-refractivity contribution in [3.8, 4) is 0 Å². The van der Waals surface area contributed by atoms with Gasteiger partial charge in [0.2, 0.25) is 0 Å². The van der Waals surface area contributed by atoms with Crippen LogP contribution < -0.4 is 11.1 Å². The predicted octanol–water partition coefficient (Wildman–Crippen LogP) is 3.37. The van der Waals surface area contributed by atoms with Crippen LogP contribution in [0.1, 0.15) is 12.5 Å². The molecule has 0 bridgehead atoms. The molecule has 0 aliphatic rings. The van der Waals surface area contributed by atoms with Crippen LogP contribution in [0.25, 0.3) is 0 Å². The van der Waals surface area contributed by atoms with Crippen LogP contribution in [0, 0.1) is 5.92 Å². The maximum absolute atomic E-state index is 12.5. The normalized spacial score (nSPS) is 13.5. The molecule has 0 fully saturated rings. The number of rotatable bonds is 4. The van der Waals surface area contributed by atoms with E-state index in [0.29, 0.717) is 13.1 Å². The van der Waals surface area contributed by atoms with Crippen LogP contribution in [0.15, 0.2) is 18.2 Å². The van der Waals surface area contributed by atoms with Crippen molar-refractivity contribution < 1.29 is 13.2 Å². The molecule has 1 aromatic rings. The molecule has 0 saturated heterocycles. The van der Waals surface area contributed by atoms with Gasteiger partial charge < -0.3 is 11.1 Å². The lowest BCUT2D eigenvalue weighted by molar-refractivity contribution is -0.137. The van der Waals surface area contributed by atoms with Crippen molar-refractivity contribution in [3.63, 3.8) is 0 Å². The van der Waals surface area contributed by atoms with Crippen LogP contribution in [0.4, 0.5) is 18.9 Å². The molecule has 0 aliphatic heterocycles. The molecule has 96 valence electrons. The number of benzene rings is 1. The Kier molecular flexibility index (Phi) is 4.65. The fraction of sp³-hybridized carbons (Fsp3) is 0.455. The minimum atomic E-state index is -4.36. The van der Waals surface area contributed by atoms with Gasteiger partial charge in [-0.2, -0.15) is 13.2 Å². The summed E-state index contributed by atoms with van der Waals surface area (Å²) in [5.41, 5.74) is 4.98. The second kappa shape index (κ2) is 5.60. The first-order valence-corrected chi connectivity index (χ1v) is 5.53. The van der Waals surface area contributed by atoms with E-state index < -0.39 is 11.7 Å². The Hall–Kier alpha value is -0.940. The van der Waals surface area contributed by atoms with E-state index in [0.717, 1.165) is 12.1 Å². The molecule has 3 N–H and O–H groups in total. The fourth-order valence-corrected chi connectivity index (χ4v) is 1.39. The maximum atomic E-state index is 12.5. The van der Waals surface area contributed by atoms with E-state index in [1.165, 1.54) is 6.07 Å². The van der Waals surface area contributed by atoms with E-state index in [1.807, 2.05) is 6.92 Å². The molecule has 1 atom stereocenters. The average molecular weight is 267 g/mol. The van der Waals surface area contributed by atoms with E-state index in [2.05, 4.69) is 5.32 Å². The highest BCUT2D eigenvalue weighted by molar-refractivity contribution is 6.33. The van der Waals surface area contributed by atoms with Gasteiger partial charge in [-0.1, -0.05) is 18.5 Å². The summed E-state index contributed by atoms with van der Waals surface area (Å²) in [7, 11) is 0. The predicted molar refractivity (Wildman–Crippen MR) is 63.2 cm³/mol. The van der Waals surface area contributed by atoms with E-state index in [9.17, 15) is 13.2 Å². The van der Waals surface area contributed by atoms with Crippen LogP contribution in [0.3, 0.4) is 0 Å². The van der Waals surface area contributed by atoms with Gasteiger partial charge in [0.05, 0.1) is 16.3 Å². The molecule has 0 spiro atoms. The highest BCUT2D eigenvalue weighted by Gasteiger charge is 2.30. The summed E-state index contributed by atoms with van der Waals surface area (Å²) in [5, 5.41) is 3.13. The van der Waals surface area contributed by atoms with Crippen molar-refractivity contribution in [1.29, 1.82) is 0 Å². The molecule has 1 rings (SSSR count). The van der Waals surface area contributed by atoms with Gasteiger partial charge in [0.15, 0.2) is 0 Å². The summed E-state index contributed by atoms with van der Waals surface area (Å²) in [6.07, 6.45) is -4.36. The lowest BCUT2D eigenvalue weighted by Crippen LogP contribution is -2.20. The molecular formula is C11H14ClF3N2. The van der Waals surface area contributed by atoms with Gasteiger partial charge in [0, 0.05) is 6.54 Å². The first kappa shape index (κ1) is 14.1. The molecule has 2 nitrogen and oxygen atoms in total. The highest BCUT2D eigenvalue weighted by atomic mass is 35.5. The van der Waals surface area contributed by atoms with Crippen molar-refractivity contribution >= 4 is 17.3 Å². The SMILES string of the molecule is CC(CN)CNc1cc(C(F)(F)F)ccc1Cl. The number of nitrogens with one attached hydrogen (secondary N) is 1. The number of hydrogen-bond acceptors (Lipinski definition) is 2. The zero-order chi connectivity index (χ0) is 13.1. The molecule has 0 saturated carbocycles. The van der Waals surface area contributed by atoms with Crippen molar-refractivity contribution in [3.05, 3.63) is 28.8 Å². The smallest absolute Gasteiger partial charge is 0.384 e. The Morgan fingerprint density at radius 3 is 2.59 bits per heavy atom. The molecule has 0 aromatic heterocycles. The van der Waals surface area contributed by atoms with Crippen molar-refractivity contribution in [2.24, 2.45) is 11.7 Å². The third-order valence-corrected chi connectivity index (χ3v) is 2.67. The largest absolute Gasteiger partial charge is 0.416 e. The topological polar surface area (TPSA) is 38.0 Å². The Morgan fingerprint density at radius 2 is 2.06 bits per heavy atom. The standard InChI is InChI=1S/C11H14ClF3N2/c1-7(5-16)6-17-10-4-8(11(13,14)15)2-3-9(10)12/h2-4,7,17H,5-6,16H2,1H3. The quantitative estimate of drug-likeness (QED) is 0.877. The Bertz CT molecular complexity index is 379. The van der Waals surface area contributed by atoms with E-state index in [4.69, 9.17) is 17.3 Å². The lowest BCUT2D eigenvalue weighted by atomic mass is 10.1. The van der Waals surface area contributed by atoms with Gasteiger partial charge in [-0.15, -0.1) is 0 Å². The number of halogens is 4. The minimum Gasteiger partial charge on any atom is -0.384 e. The minimum absolute atomic E-state index is 0.167. The number of alkyl halides is 3. The number of anilines is 1. The van der Waals surface area contributed by atoms with Crippen LogP contribution in [0.2, 0.25) is 5.02 Å². The van der Waals surface area contributed by atoms with Crippen molar-refractivity contribution in [1.82, 2.24) is 0 Å². The summed E-state index contributed by atoms with van der Waals surface area (Å²) in [6, 6.07) is 3.20. The lowest BCUT2D eigenvalue weighted by Gasteiger charge is -2.14. The van der Waals surface area contributed by atoms with E-state index in [-0.39, 0.29) is 16.6 Å². The second-order valence-electron chi connectivity index (χ2n) is 3.91. The zero-order valence-corrected chi connectivity index (χ0v) is 10.1. The van der Waals surface area contributed by atoms with Gasteiger partial charge >= 0.3 is 6.18 Å². The van der Waals surface area contributed by atoms with Gasteiger partial charge in [0.25, 0.3) is 0 Å². The highest BCUT2D eigenvalue weighted by Crippen LogP contribution is 2.33. The van der Waals surface area contributed by atoms with E-state index in [1.54, 1.807) is 0 Å². The fourth-order valence-electron chi connectivity index (χ4n) is 1.20. The van der Waals surface area contributed by atoms with Gasteiger partial charge in [-0.25, -0.2) is 0 Å². The van der Waals surface area contributed by atoms with Crippen LogP contribution in [0.5, 0.6) is 0 Å². The first-order chi connectivity index (χ1) is 7.84. The number of nitrogens with two attached hydrogens (primary N) is 1. The summed E-state index contributed by atoms with van der Waals surface area (Å²) in [5.74, 6) is 0.167. The number of hydrogen-bond donors (Lipinski definition) is 2. The second-order valence-corrected chi connectivity index (χ2v) is 4.32. The summed E-state index contributed by atoms with van der Waals surface area (Å²) < 4.78 is 37.4.